The van der Waals surface area contributed by atoms with Crippen LogP contribution < -0.4 is 0 Å². The van der Waals surface area contributed by atoms with Crippen molar-refractivity contribution in [2.24, 2.45) is 0 Å². The van der Waals surface area contributed by atoms with Crippen LogP contribution >= 0.6 is 0 Å². The molecule has 10 atom stereocenters. The molecular formula is C12H22O11. The van der Waals surface area contributed by atoms with Crippen LogP contribution in [0.1, 0.15) is 0 Å². The topological polar surface area (TPSA) is 190 Å². The zero-order valence-electron chi connectivity index (χ0n) is 12.0. The van der Waals surface area contributed by atoms with Gasteiger partial charge in [0.1, 0.15) is 48.8 Å². The third-order valence-electron chi connectivity index (χ3n) is 3.98. The minimum absolute atomic E-state index is 0.651. The second kappa shape index (κ2) is 7.63. The zero-order valence-corrected chi connectivity index (χ0v) is 12.0. The molecule has 0 aliphatic carbocycles. The van der Waals surface area contributed by atoms with E-state index < -0.39 is 74.6 Å². The highest BCUT2D eigenvalue weighted by Crippen LogP contribution is 2.28. The summed E-state index contributed by atoms with van der Waals surface area (Å²) in [6.07, 6.45) is -15.6. The van der Waals surface area contributed by atoms with E-state index in [1.54, 1.807) is 0 Å². The summed E-state index contributed by atoms with van der Waals surface area (Å²) < 4.78 is 15.1. The molecule has 11 nitrogen and oxygen atoms in total. The van der Waals surface area contributed by atoms with Crippen molar-refractivity contribution in [2.45, 2.75) is 61.4 Å². The van der Waals surface area contributed by atoms with Gasteiger partial charge in [-0.2, -0.15) is 0 Å². The highest BCUT2D eigenvalue weighted by molar-refractivity contribution is 4.93. The Labute approximate surface area is 130 Å². The van der Waals surface area contributed by atoms with Crippen molar-refractivity contribution in [3.8, 4) is 0 Å². The lowest BCUT2D eigenvalue weighted by Gasteiger charge is -2.44. The van der Waals surface area contributed by atoms with E-state index in [-0.39, 0.29) is 0 Å². The van der Waals surface area contributed by atoms with Crippen molar-refractivity contribution in [3.05, 3.63) is 0 Å². The maximum atomic E-state index is 9.94. The van der Waals surface area contributed by atoms with Gasteiger partial charge in [-0.1, -0.05) is 0 Å². The first kappa shape index (κ1) is 18.9. The van der Waals surface area contributed by atoms with E-state index in [0.29, 0.717) is 0 Å². The average molecular weight is 342 g/mol. The average Bonchev–Trinajstić information content (AvgIpc) is 2.54. The van der Waals surface area contributed by atoms with Gasteiger partial charge in [0.25, 0.3) is 0 Å². The molecule has 0 saturated carbocycles. The van der Waals surface area contributed by atoms with Gasteiger partial charge in [-0.15, -0.1) is 0 Å². The number of aliphatic hydroxyl groups is 8. The lowest BCUT2D eigenvalue weighted by Crippen LogP contribution is -2.64. The SMILES string of the molecule is OC[C@@H]1O[C@H](O[C@H]2[C@H](O)[C@@H](O)[C@H](CO)O[C@H]2O)[C@@H](O)[C@H](O)[C@H]1O. The number of hydrogen-bond acceptors (Lipinski definition) is 11. The molecule has 0 aromatic heterocycles. The molecule has 11 heteroatoms. The Morgan fingerprint density at radius 2 is 1.17 bits per heavy atom. The summed E-state index contributed by atoms with van der Waals surface area (Å²) in [5.74, 6) is 0. The van der Waals surface area contributed by atoms with E-state index in [0.717, 1.165) is 0 Å². The van der Waals surface area contributed by atoms with Crippen LogP contribution in [0.15, 0.2) is 0 Å². The Kier molecular flexibility index (Phi) is 6.27. The van der Waals surface area contributed by atoms with Gasteiger partial charge in [0.05, 0.1) is 13.2 Å². The van der Waals surface area contributed by atoms with Crippen LogP contribution in [0.25, 0.3) is 0 Å². The highest BCUT2D eigenvalue weighted by atomic mass is 16.7. The predicted molar refractivity (Wildman–Crippen MR) is 68.6 cm³/mol. The van der Waals surface area contributed by atoms with Crippen molar-refractivity contribution in [3.63, 3.8) is 0 Å². The van der Waals surface area contributed by atoms with Crippen molar-refractivity contribution in [2.75, 3.05) is 13.2 Å². The molecule has 0 unspecified atom stereocenters. The van der Waals surface area contributed by atoms with Gasteiger partial charge >= 0.3 is 0 Å². The van der Waals surface area contributed by atoms with E-state index in [9.17, 15) is 30.6 Å². The van der Waals surface area contributed by atoms with Crippen molar-refractivity contribution < 1.29 is 55.1 Å². The molecular weight excluding hydrogens is 320 g/mol. The van der Waals surface area contributed by atoms with Gasteiger partial charge < -0.3 is 55.1 Å². The number of aliphatic hydroxyl groups excluding tert-OH is 8. The summed E-state index contributed by atoms with van der Waals surface area (Å²) in [5.41, 5.74) is 0. The monoisotopic (exact) mass is 342 g/mol. The first-order valence-electron chi connectivity index (χ1n) is 7.08. The molecule has 0 spiro atoms. The summed E-state index contributed by atoms with van der Waals surface area (Å²) in [4.78, 5) is 0. The molecule has 0 aromatic carbocycles. The van der Waals surface area contributed by atoms with Crippen LogP contribution in [0.5, 0.6) is 0 Å². The maximum absolute atomic E-state index is 9.94. The molecule has 8 N–H and O–H groups in total. The third kappa shape index (κ3) is 3.65. The van der Waals surface area contributed by atoms with Crippen LogP contribution in [-0.2, 0) is 14.2 Å². The van der Waals surface area contributed by atoms with Crippen LogP contribution in [-0.4, -0.2) is 115 Å². The predicted octanol–water partition coefficient (Wildman–Crippen LogP) is -5.40. The third-order valence-corrected chi connectivity index (χ3v) is 3.98. The molecule has 136 valence electrons. The molecule has 0 aromatic rings. The summed E-state index contributed by atoms with van der Waals surface area (Å²) in [7, 11) is 0. The molecule has 2 rings (SSSR count). The summed E-state index contributed by atoms with van der Waals surface area (Å²) >= 11 is 0. The van der Waals surface area contributed by atoms with Crippen LogP contribution in [0.3, 0.4) is 0 Å². The molecule has 23 heavy (non-hydrogen) atoms. The van der Waals surface area contributed by atoms with Crippen molar-refractivity contribution in [1.82, 2.24) is 0 Å². The largest absolute Gasteiger partial charge is 0.394 e. The Hall–Kier alpha value is -0.440. The fourth-order valence-electron chi connectivity index (χ4n) is 2.55. The van der Waals surface area contributed by atoms with Crippen molar-refractivity contribution in [1.29, 1.82) is 0 Å². The fraction of sp³-hybridized carbons (Fsp3) is 1.00. The molecule has 0 radical (unpaired) electrons. The lowest BCUT2D eigenvalue weighted by atomic mass is 9.97. The Bertz CT molecular complexity index is 380. The Balaban J connectivity index is 2.08. The van der Waals surface area contributed by atoms with Gasteiger partial charge in [0, 0.05) is 0 Å². The van der Waals surface area contributed by atoms with E-state index in [4.69, 9.17) is 24.4 Å². The minimum atomic E-state index is -1.75. The zero-order chi connectivity index (χ0) is 17.3. The number of hydrogen-bond donors (Lipinski definition) is 8. The van der Waals surface area contributed by atoms with E-state index in [2.05, 4.69) is 0 Å². The van der Waals surface area contributed by atoms with Gasteiger partial charge in [-0.05, 0) is 0 Å². The van der Waals surface area contributed by atoms with Crippen LogP contribution in [0, 0.1) is 0 Å². The van der Waals surface area contributed by atoms with Gasteiger partial charge in [0.2, 0.25) is 0 Å². The quantitative estimate of drug-likeness (QED) is 0.243. The van der Waals surface area contributed by atoms with Gasteiger partial charge in [0.15, 0.2) is 12.6 Å². The lowest BCUT2D eigenvalue weighted by molar-refractivity contribution is -0.361. The normalized spacial score (nSPS) is 51.7. The molecule has 2 saturated heterocycles. The van der Waals surface area contributed by atoms with Crippen LogP contribution in [0.2, 0.25) is 0 Å². The van der Waals surface area contributed by atoms with Gasteiger partial charge in [-0.25, -0.2) is 0 Å². The molecule has 0 bridgehead atoms. The van der Waals surface area contributed by atoms with E-state index >= 15 is 0 Å². The Morgan fingerprint density at radius 1 is 0.652 bits per heavy atom. The fourth-order valence-corrected chi connectivity index (χ4v) is 2.55. The minimum Gasteiger partial charge on any atom is -0.394 e. The smallest absolute Gasteiger partial charge is 0.187 e. The molecule has 2 heterocycles. The van der Waals surface area contributed by atoms with Crippen molar-refractivity contribution >= 4 is 0 Å². The summed E-state index contributed by atoms with van der Waals surface area (Å²) in [6, 6.07) is 0. The maximum Gasteiger partial charge on any atom is 0.187 e. The highest BCUT2D eigenvalue weighted by Gasteiger charge is 2.50. The first-order chi connectivity index (χ1) is 10.8. The van der Waals surface area contributed by atoms with E-state index in [1.165, 1.54) is 0 Å². The summed E-state index contributed by atoms with van der Waals surface area (Å²) in [6.45, 7) is -1.33. The van der Waals surface area contributed by atoms with Gasteiger partial charge in [-0.3, -0.25) is 0 Å². The molecule has 2 fully saturated rings. The molecule has 2 aliphatic rings. The second-order valence-electron chi connectivity index (χ2n) is 5.53. The summed E-state index contributed by atoms with van der Waals surface area (Å²) in [5, 5.41) is 76.7. The molecule has 2 aliphatic heterocycles. The Morgan fingerprint density at radius 3 is 1.74 bits per heavy atom. The first-order valence-corrected chi connectivity index (χ1v) is 7.08. The van der Waals surface area contributed by atoms with Crippen LogP contribution in [0.4, 0.5) is 0 Å². The van der Waals surface area contributed by atoms with E-state index in [1.807, 2.05) is 0 Å². The molecule has 0 amide bonds. The number of rotatable bonds is 4. The second-order valence-corrected chi connectivity index (χ2v) is 5.53. The standard InChI is InChI=1S/C12H22O11/c13-1-3-6(16)8(18)10(11(20)21-3)23-12-9(19)7(17)5(15)4(2-14)22-12/h3-20H,1-2H2/t3-,4-,5-,6-,7+,8+,9-,10-,11+,12+/m0/s1. The number of ether oxygens (including phenoxy) is 3.